The molecule has 2 aliphatic rings. The van der Waals surface area contributed by atoms with E-state index in [-0.39, 0.29) is 18.2 Å². The smallest absolute Gasteiger partial charge is 0.410 e. The number of esters is 1. The molecule has 2 fully saturated rings. The number of ether oxygens (including phenoxy) is 3. The van der Waals surface area contributed by atoms with Gasteiger partial charge in [0.25, 0.3) is 0 Å². The van der Waals surface area contributed by atoms with Gasteiger partial charge < -0.3 is 14.2 Å². The van der Waals surface area contributed by atoms with E-state index >= 15 is 0 Å². The first-order valence-corrected chi connectivity index (χ1v) is 11.4. The Morgan fingerprint density at radius 2 is 1.70 bits per heavy atom. The average molecular weight is 418 g/mol. The van der Waals surface area contributed by atoms with Crippen LogP contribution in [0.5, 0.6) is 5.75 Å². The van der Waals surface area contributed by atoms with Crippen molar-refractivity contribution in [2.75, 3.05) is 20.3 Å². The molecule has 0 spiro atoms. The minimum Gasteiger partial charge on any atom is -0.497 e. The number of carbonyl (C=O) groups excluding carboxylic acids is 2. The summed E-state index contributed by atoms with van der Waals surface area (Å²) in [7, 11) is 1.66. The van der Waals surface area contributed by atoms with Gasteiger partial charge in [-0.25, -0.2) is 9.59 Å². The van der Waals surface area contributed by atoms with Gasteiger partial charge in [-0.2, -0.15) is 0 Å². The highest BCUT2D eigenvalue weighted by atomic mass is 16.6. The highest BCUT2D eigenvalue weighted by Crippen LogP contribution is 2.24. The number of amides is 1. The number of carbonyl (C=O) groups is 2. The minimum absolute atomic E-state index is 0.00259. The predicted octanol–water partition coefficient (Wildman–Crippen LogP) is 4.88. The van der Waals surface area contributed by atoms with Crippen molar-refractivity contribution >= 4 is 12.1 Å². The van der Waals surface area contributed by atoms with Crippen LogP contribution in [0.25, 0.3) is 0 Å². The van der Waals surface area contributed by atoms with Crippen LogP contribution in [0.1, 0.15) is 69.8 Å². The van der Waals surface area contributed by atoms with Crippen LogP contribution in [0.4, 0.5) is 4.79 Å². The molecule has 0 radical (unpaired) electrons. The number of hydrogen-bond acceptors (Lipinski definition) is 5. The van der Waals surface area contributed by atoms with Crippen molar-refractivity contribution in [1.29, 1.82) is 0 Å². The second kappa shape index (κ2) is 11.8. The van der Waals surface area contributed by atoms with Gasteiger partial charge in [0.15, 0.2) is 0 Å². The van der Waals surface area contributed by atoms with Gasteiger partial charge in [0.1, 0.15) is 17.9 Å². The molecule has 1 aliphatic carbocycles. The van der Waals surface area contributed by atoms with E-state index in [0.717, 1.165) is 63.5 Å². The maximum Gasteiger partial charge on any atom is 0.410 e. The van der Waals surface area contributed by atoms with Crippen LogP contribution in [0, 0.1) is 0 Å². The Morgan fingerprint density at radius 1 is 0.967 bits per heavy atom. The quantitative estimate of drug-likeness (QED) is 0.445. The van der Waals surface area contributed by atoms with Crippen LogP contribution in [0.15, 0.2) is 24.3 Å². The third-order valence-corrected chi connectivity index (χ3v) is 6.09. The summed E-state index contributed by atoms with van der Waals surface area (Å²) in [5, 5.41) is 0. The normalized spacial score (nSPS) is 19.9. The van der Waals surface area contributed by atoms with Crippen molar-refractivity contribution in [3.8, 4) is 5.75 Å². The van der Waals surface area contributed by atoms with Gasteiger partial charge in [0, 0.05) is 6.54 Å². The maximum atomic E-state index is 12.6. The molecular formula is C24H35NO5. The van der Waals surface area contributed by atoms with Crippen molar-refractivity contribution in [3.05, 3.63) is 29.8 Å². The molecule has 6 nitrogen and oxygen atoms in total. The van der Waals surface area contributed by atoms with Gasteiger partial charge in [0.05, 0.1) is 13.7 Å². The molecule has 1 heterocycles. The number of methoxy groups -OCH3 is 1. The molecule has 3 rings (SSSR count). The number of aryl methyl sites for hydroxylation is 1. The van der Waals surface area contributed by atoms with Gasteiger partial charge >= 0.3 is 12.1 Å². The Bertz CT molecular complexity index is 669. The molecule has 6 heteroatoms. The summed E-state index contributed by atoms with van der Waals surface area (Å²) in [5.41, 5.74) is 1.24. The highest BCUT2D eigenvalue weighted by molar-refractivity contribution is 5.81. The fourth-order valence-corrected chi connectivity index (χ4v) is 4.28. The Kier molecular flexibility index (Phi) is 8.84. The van der Waals surface area contributed by atoms with E-state index in [1.54, 1.807) is 12.0 Å². The van der Waals surface area contributed by atoms with Crippen LogP contribution in [-0.2, 0) is 20.7 Å². The second-order valence-electron chi connectivity index (χ2n) is 8.32. The molecule has 30 heavy (non-hydrogen) atoms. The van der Waals surface area contributed by atoms with Crippen molar-refractivity contribution < 1.29 is 23.8 Å². The van der Waals surface area contributed by atoms with Gasteiger partial charge in [-0.1, -0.05) is 18.6 Å². The lowest BCUT2D eigenvalue weighted by Gasteiger charge is -2.34. The summed E-state index contributed by atoms with van der Waals surface area (Å²) in [6, 6.07) is 7.53. The Morgan fingerprint density at radius 3 is 2.43 bits per heavy atom. The van der Waals surface area contributed by atoms with Crippen LogP contribution < -0.4 is 4.74 Å². The zero-order valence-electron chi connectivity index (χ0n) is 18.1. The van der Waals surface area contributed by atoms with Crippen molar-refractivity contribution in [3.63, 3.8) is 0 Å². The maximum absolute atomic E-state index is 12.6. The number of nitrogens with zero attached hydrogens (tertiary/aromatic N) is 1. The van der Waals surface area contributed by atoms with E-state index < -0.39 is 6.04 Å². The number of likely N-dealkylation sites (tertiary alicyclic amines) is 1. The molecule has 1 aliphatic heterocycles. The fraction of sp³-hybridized carbons (Fsp3) is 0.667. The molecule has 0 bridgehead atoms. The Hall–Kier alpha value is -2.24. The third-order valence-electron chi connectivity index (χ3n) is 6.09. The van der Waals surface area contributed by atoms with E-state index in [4.69, 9.17) is 14.2 Å². The van der Waals surface area contributed by atoms with E-state index in [9.17, 15) is 9.59 Å². The molecule has 1 atom stereocenters. The molecule has 1 saturated heterocycles. The monoisotopic (exact) mass is 417 g/mol. The number of hydrogen-bond donors (Lipinski definition) is 0. The van der Waals surface area contributed by atoms with Crippen LogP contribution in [0.2, 0.25) is 0 Å². The molecule has 0 aromatic heterocycles. The molecule has 1 aromatic rings. The molecule has 0 unspecified atom stereocenters. The summed E-state index contributed by atoms with van der Waals surface area (Å²) in [6.07, 6.45) is 10.1. The first kappa shape index (κ1) is 22.4. The van der Waals surface area contributed by atoms with Crippen molar-refractivity contribution in [1.82, 2.24) is 4.90 Å². The van der Waals surface area contributed by atoms with Crippen LogP contribution in [0.3, 0.4) is 0 Å². The molecule has 0 N–H and O–H groups in total. The number of rotatable bonds is 8. The lowest BCUT2D eigenvalue weighted by molar-refractivity contribution is -0.151. The number of piperidine rings is 1. The summed E-state index contributed by atoms with van der Waals surface area (Å²) >= 11 is 0. The highest BCUT2D eigenvalue weighted by Gasteiger charge is 2.35. The van der Waals surface area contributed by atoms with Gasteiger partial charge in [-0.15, -0.1) is 0 Å². The summed E-state index contributed by atoms with van der Waals surface area (Å²) < 4.78 is 16.4. The van der Waals surface area contributed by atoms with Crippen molar-refractivity contribution in [2.45, 2.75) is 82.8 Å². The third kappa shape index (κ3) is 6.64. The minimum atomic E-state index is -0.503. The van der Waals surface area contributed by atoms with E-state index in [1.165, 1.54) is 12.0 Å². The zero-order valence-corrected chi connectivity index (χ0v) is 18.1. The predicted molar refractivity (Wildman–Crippen MR) is 115 cm³/mol. The van der Waals surface area contributed by atoms with E-state index in [2.05, 4.69) is 12.1 Å². The second-order valence-corrected chi connectivity index (χ2v) is 8.32. The largest absolute Gasteiger partial charge is 0.497 e. The van der Waals surface area contributed by atoms with Crippen molar-refractivity contribution in [2.24, 2.45) is 0 Å². The number of unbranched alkanes of at least 4 members (excludes halogenated alkanes) is 1. The lowest BCUT2D eigenvalue weighted by Crippen LogP contribution is -2.49. The molecule has 1 amide bonds. The van der Waals surface area contributed by atoms with E-state index in [0.29, 0.717) is 19.6 Å². The molecule has 166 valence electrons. The standard InChI is InChI=1S/C24H35NO5/c1-28-20-15-13-19(14-16-20)9-6-8-18-29-23(26)22-12-5-7-17-25(22)24(27)30-21-10-3-2-4-11-21/h13-16,21-22H,2-12,17-18H2,1H3/t22-/m0/s1. The van der Waals surface area contributed by atoms with E-state index in [1.807, 2.05) is 12.1 Å². The summed E-state index contributed by atoms with van der Waals surface area (Å²) in [5.74, 6) is 0.562. The van der Waals surface area contributed by atoms with Gasteiger partial charge in [-0.05, 0) is 81.9 Å². The fourth-order valence-electron chi connectivity index (χ4n) is 4.28. The average Bonchev–Trinajstić information content (AvgIpc) is 2.79. The molecule has 1 saturated carbocycles. The zero-order chi connectivity index (χ0) is 21.2. The van der Waals surface area contributed by atoms with Crippen LogP contribution in [-0.4, -0.2) is 49.4 Å². The summed E-state index contributed by atoms with van der Waals surface area (Å²) in [6.45, 7) is 0.958. The first-order chi connectivity index (χ1) is 14.7. The van der Waals surface area contributed by atoms with Gasteiger partial charge in [-0.3, -0.25) is 4.90 Å². The Labute approximate surface area is 179 Å². The molecular weight excluding hydrogens is 382 g/mol. The SMILES string of the molecule is COc1ccc(CCCCOC(=O)[C@@H]2CCCCN2C(=O)OC2CCCCC2)cc1. The van der Waals surface area contributed by atoms with Gasteiger partial charge in [0.2, 0.25) is 0 Å². The number of benzene rings is 1. The first-order valence-electron chi connectivity index (χ1n) is 11.4. The Balaban J connectivity index is 1.39. The summed E-state index contributed by atoms with van der Waals surface area (Å²) in [4.78, 5) is 26.9. The lowest BCUT2D eigenvalue weighted by atomic mass is 9.98. The van der Waals surface area contributed by atoms with Crippen LogP contribution >= 0.6 is 0 Å². The topological polar surface area (TPSA) is 65.1 Å². The molecule has 1 aromatic carbocycles.